The molecule has 1 aliphatic carbocycles. The van der Waals surface area contributed by atoms with E-state index in [-0.39, 0.29) is 70.3 Å². The number of carbonyl (C=O) groups is 4. The standard InChI is InChI=1S/C42H48O12/c1-7-11-21-47-39(43)51-35-27-19-15-17-25(5)29(27)37(53-41(45)49-23-13-9-3)33-31(35)32-34(33)38(54-42(46)50-24-14-10-4)30-26(6)18-16-20-28(30)36(32)52-40(44)48-22-12-8-2/h15-20H,7-14,21-24H2,1-6H3. The van der Waals surface area contributed by atoms with Crippen LogP contribution in [0.25, 0.3) is 21.5 Å². The number of ether oxygens (including phenoxy) is 8. The Bertz CT molecular complexity index is 2090. The second-order valence-corrected chi connectivity index (χ2v) is 13.0. The number of benzene rings is 4. The van der Waals surface area contributed by atoms with Gasteiger partial charge in [-0.3, -0.25) is 0 Å². The highest BCUT2D eigenvalue weighted by Crippen LogP contribution is 2.48. The van der Waals surface area contributed by atoms with Crippen molar-refractivity contribution in [2.24, 2.45) is 0 Å². The number of aryl methyl sites for hydroxylation is 2. The average Bonchev–Trinajstić information content (AvgIpc) is 3.12. The molecule has 5 rings (SSSR count). The maximum absolute atomic E-state index is 13.3. The molecule has 4 aromatic carbocycles. The fourth-order valence-electron chi connectivity index (χ4n) is 6.25. The molecule has 0 atom stereocenters. The summed E-state index contributed by atoms with van der Waals surface area (Å²) in [5, 5.41) is 2.74. The van der Waals surface area contributed by atoms with Gasteiger partial charge in [0.2, 0.25) is 0 Å². The van der Waals surface area contributed by atoms with Crippen LogP contribution in [-0.2, 0) is 18.9 Å². The van der Waals surface area contributed by atoms with Gasteiger partial charge in [0.25, 0.3) is 0 Å². The van der Waals surface area contributed by atoms with Gasteiger partial charge in [-0.15, -0.1) is 0 Å². The summed E-state index contributed by atoms with van der Waals surface area (Å²) in [5.41, 5.74) is 1.36. The van der Waals surface area contributed by atoms with Crippen LogP contribution in [0.15, 0.2) is 36.4 Å². The van der Waals surface area contributed by atoms with E-state index in [2.05, 4.69) is 0 Å². The van der Waals surface area contributed by atoms with E-state index in [9.17, 15) is 19.2 Å². The second-order valence-electron chi connectivity index (χ2n) is 13.0. The van der Waals surface area contributed by atoms with Crippen molar-refractivity contribution in [3.8, 4) is 23.0 Å². The lowest BCUT2D eigenvalue weighted by molar-refractivity contribution is 0.0947. The quantitative estimate of drug-likeness (QED) is 0.0410. The zero-order valence-corrected chi connectivity index (χ0v) is 31.8. The number of hydrogen-bond donors (Lipinski definition) is 0. The fraction of sp³-hybridized carbons (Fsp3) is 0.429. The van der Waals surface area contributed by atoms with Crippen molar-refractivity contribution in [2.75, 3.05) is 26.4 Å². The van der Waals surface area contributed by atoms with Crippen LogP contribution in [0.4, 0.5) is 19.2 Å². The molecule has 0 radical (unpaired) electrons. The van der Waals surface area contributed by atoms with Crippen LogP contribution >= 0.6 is 0 Å². The molecule has 12 heteroatoms. The van der Waals surface area contributed by atoms with E-state index in [1.807, 2.05) is 53.7 Å². The van der Waals surface area contributed by atoms with Gasteiger partial charge in [-0.05, 0) is 50.7 Å². The maximum atomic E-state index is 13.3. The molecule has 12 nitrogen and oxygen atoms in total. The molecule has 0 heterocycles. The minimum Gasteiger partial charge on any atom is -0.434 e. The minimum atomic E-state index is -0.955. The van der Waals surface area contributed by atoms with Gasteiger partial charge in [0, 0.05) is 42.4 Å². The van der Waals surface area contributed by atoms with Crippen molar-refractivity contribution < 1.29 is 57.1 Å². The molecule has 0 spiro atoms. The third kappa shape index (κ3) is 8.48. The summed E-state index contributed by atoms with van der Waals surface area (Å²) in [5.74, 6) is 0.286. The highest BCUT2D eigenvalue weighted by molar-refractivity contribution is 6.02. The van der Waals surface area contributed by atoms with Crippen LogP contribution < -0.4 is 18.9 Å². The Balaban J connectivity index is 1.94. The Morgan fingerprint density at radius 2 is 0.704 bits per heavy atom. The molecule has 1 aliphatic rings. The number of unbranched alkanes of at least 4 members (excludes halogenated alkanes) is 4. The first-order chi connectivity index (χ1) is 26.2. The van der Waals surface area contributed by atoms with E-state index >= 15 is 0 Å². The maximum Gasteiger partial charge on any atom is 0.513 e. The Morgan fingerprint density at radius 1 is 0.426 bits per heavy atom. The lowest BCUT2D eigenvalue weighted by Gasteiger charge is -2.23. The van der Waals surface area contributed by atoms with Crippen LogP contribution in [0.3, 0.4) is 0 Å². The number of hydrogen-bond acceptors (Lipinski definition) is 12. The third-order valence-corrected chi connectivity index (χ3v) is 9.01. The van der Waals surface area contributed by atoms with E-state index in [4.69, 9.17) is 37.9 Å². The van der Waals surface area contributed by atoms with Gasteiger partial charge in [-0.25, -0.2) is 19.2 Å². The zero-order valence-electron chi connectivity index (χ0n) is 31.8. The molecular weight excluding hydrogens is 696 g/mol. The normalized spacial score (nSPS) is 11.2. The SMILES string of the molecule is CCCCOC(=O)Oc1c2c(c(OC(=O)OCCCC)c3c(C)cccc13)=c1c(OC(=O)OCCCC)c3c(C)cccc3c(OC(=O)OCCCC)c1=2. The van der Waals surface area contributed by atoms with Gasteiger partial charge < -0.3 is 37.9 Å². The summed E-state index contributed by atoms with van der Waals surface area (Å²) in [6.07, 6.45) is 1.87. The van der Waals surface area contributed by atoms with Gasteiger partial charge in [-0.1, -0.05) is 89.8 Å². The van der Waals surface area contributed by atoms with Gasteiger partial charge in [0.15, 0.2) is 23.0 Å². The highest BCUT2D eigenvalue weighted by atomic mass is 16.7. The molecule has 0 N–H and O–H groups in total. The van der Waals surface area contributed by atoms with Crippen molar-refractivity contribution in [1.29, 1.82) is 0 Å². The second kappa shape index (κ2) is 18.5. The molecule has 0 bridgehead atoms. The van der Waals surface area contributed by atoms with Gasteiger partial charge in [-0.2, -0.15) is 0 Å². The molecule has 0 amide bonds. The largest absolute Gasteiger partial charge is 0.513 e. The molecule has 288 valence electrons. The summed E-state index contributed by atoms with van der Waals surface area (Å²) in [6, 6.07) is 10.6. The van der Waals surface area contributed by atoms with Gasteiger partial charge in [0.1, 0.15) is 0 Å². The van der Waals surface area contributed by atoms with E-state index < -0.39 is 24.6 Å². The van der Waals surface area contributed by atoms with Crippen LogP contribution in [0, 0.1) is 34.7 Å². The van der Waals surface area contributed by atoms with Crippen molar-refractivity contribution in [2.45, 2.75) is 92.9 Å². The molecule has 0 aromatic heterocycles. The van der Waals surface area contributed by atoms with Crippen LogP contribution in [0.2, 0.25) is 0 Å². The first kappa shape index (κ1) is 39.7. The molecule has 4 aromatic rings. The predicted octanol–water partition coefficient (Wildman–Crippen LogP) is 10.8. The molecule has 0 unspecified atom stereocenters. The van der Waals surface area contributed by atoms with Crippen LogP contribution in [0.1, 0.15) is 90.2 Å². The van der Waals surface area contributed by atoms with Gasteiger partial charge >= 0.3 is 24.6 Å². The summed E-state index contributed by atoms with van der Waals surface area (Å²) in [4.78, 5) is 53.2. The van der Waals surface area contributed by atoms with Crippen molar-refractivity contribution in [1.82, 2.24) is 0 Å². The van der Waals surface area contributed by atoms with Crippen LogP contribution in [-0.4, -0.2) is 51.0 Å². The topological polar surface area (TPSA) is 142 Å². The van der Waals surface area contributed by atoms with Crippen molar-refractivity contribution in [3.05, 3.63) is 68.4 Å². The third-order valence-electron chi connectivity index (χ3n) is 9.01. The van der Waals surface area contributed by atoms with Crippen molar-refractivity contribution >= 4 is 46.2 Å². The summed E-state index contributed by atoms with van der Waals surface area (Å²) in [6.45, 7) is 12.1. The smallest absolute Gasteiger partial charge is 0.434 e. The first-order valence-corrected chi connectivity index (χ1v) is 18.7. The number of carbonyl (C=O) groups excluding carboxylic acids is 4. The first-order valence-electron chi connectivity index (χ1n) is 18.7. The highest BCUT2D eigenvalue weighted by Gasteiger charge is 2.31. The van der Waals surface area contributed by atoms with Crippen LogP contribution in [0.5, 0.6) is 23.0 Å². The zero-order chi connectivity index (χ0) is 38.8. The molecule has 0 saturated heterocycles. The predicted molar refractivity (Wildman–Crippen MR) is 200 cm³/mol. The van der Waals surface area contributed by atoms with E-state index in [1.54, 1.807) is 24.3 Å². The lowest BCUT2D eigenvalue weighted by atomic mass is 9.89. The van der Waals surface area contributed by atoms with E-state index in [0.29, 0.717) is 58.4 Å². The molecule has 0 fully saturated rings. The summed E-state index contributed by atoms with van der Waals surface area (Å²) >= 11 is 0. The molecule has 0 aliphatic heterocycles. The molecule has 0 saturated carbocycles. The Hall–Kier alpha value is -5.52. The molecule has 54 heavy (non-hydrogen) atoms. The summed E-state index contributed by atoms with van der Waals surface area (Å²) < 4.78 is 45.8. The van der Waals surface area contributed by atoms with Crippen molar-refractivity contribution in [3.63, 3.8) is 0 Å². The fourth-order valence-corrected chi connectivity index (χ4v) is 6.25. The molecular formula is C42H48O12. The van der Waals surface area contributed by atoms with E-state index in [0.717, 1.165) is 25.7 Å². The Labute approximate surface area is 313 Å². The Kier molecular flexibility index (Phi) is 13.6. The monoisotopic (exact) mass is 744 g/mol. The Morgan fingerprint density at radius 3 is 1.00 bits per heavy atom. The average molecular weight is 745 g/mol. The minimum absolute atomic E-state index is 0.0667. The summed E-state index contributed by atoms with van der Waals surface area (Å²) in [7, 11) is 0. The van der Waals surface area contributed by atoms with E-state index in [1.165, 1.54) is 0 Å². The van der Waals surface area contributed by atoms with Gasteiger partial charge in [0.05, 0.1) is 26.4 Å². The number of rotatable bonds is 16. The lowest BCUT2D eigenvalue weighted by Crippen LogP contribution is -2.18. The number of fused-ring (bicyclic) bond motifs is 4.